The average Bonchev–Trinajstić information content (AvgIpc) is 2.85. The van der Waals surface area contributed by atoms with E-state index in [4.69, 9.17) is 11.6 Å². The summed E-state index contributed by atoms with van der Waals surface area (Å²) in [6.45, 7) is 1.77. The minimum atomic E-state index is 0.0777. The number of aryl methyl sites for hydroxylation is 1. The fourth-order valence-corrected chi connectivity index (χ4v) is 2.56. The first-order chi connectivity index (χ1) is 8.29. The van der Waals surface area contributed by atoms with Crippen LogP contribution in [0.15, 0.2) is 30.3 Å². The summed E-state index contributed by atoms with van der Waals surface area (Å²) >= 11 is 5.56. The second-order valence-electron chi connectivity index (χ2n) is 4.65. The van der Waals surface area contributed by atoms with Crippen LogP contribution in [0.2, 0.25) is 0 Å². The van der Waals surface area contributed by atoms with E-state index in [1.54, 1.807) is 0 Å². The van der Waals surface area contributed by atoms with Gasteiger partial charge in [0.1, 0.15) is 5.88 Å². The molecule has 1 aromatic carbocycles. The molecular weight excluding hydrogens is 234 g/mol. The van der Waals surface area contributed by atoms with Gasteiger partial charge < -0.3 is 4.90 Å². The van der Waals surface area contributed by atoms with Crippen LogP contribution >= 0.6 is 11.6 Å². The summed E-state index contributed by atoms with van der Waals surface area (Å²) in [6, 6.07) is 10.5. The molecule has 1 heterocycles. The first-order valence-corrected chi connectivity index (χ1v) is 6.70. The molecule has 1 aromatic rings. The van der Waals surface area contributed by atoms with E-state index in [0.29, 0.717) is 5.92 Å². The molecule has 1 amide bonds. The molecule has 3 heteroatoms. The molecular formula is C14H18ClNO. The van der Waals surface area contributed by atoms with Crippen LogP contribution < -0.4 is 0 Å². The van der Waals surface area contributed by atoms with Crippen molar-refractivity contribution in [1.29, 1.82) is 0 Å². The largest absolute Gasteiger partial charge is 0.341 e. The van der Waals surface area contributed by atoms with E-state index in [0.717, 1.165) is 32.4 Å². The van der Waals surface area contributed by atoms with Gasteiger partial charge in [-0.15, -0.1) is 11.6 Å². The van der Waals surface area contributed by atoms with E-state index in [1.165, 1.54) is 5.56 Å². The van der Waals surface area contributed by atoms with Gasteiger partial charge in [-0.1, -0.05) is 30.3 Å². The van der Waals surface area contributed by atoms with Crippen molar-refractivity contribution in [1.82, 2.24) is 4.90 Å². The smallest absolute Gasteiger partial charge is 0.237 e. The Labute approximate surface area is 108 Å². The summed E-state index contributed by atoms with van der Waals surface area (Å²) in [5.41, 5.74) is 1.38. The third-order valence-corrected chi connectivity index (χ3v) is 3.67. The van der Waals surface area contributed by atoms with Crippen molar-refractivity contribution in [3.05, 3.63) is 35.9 Å². The molecule has 2 nitrogen and oxygen atoms in total. The van der Waals surface area contributed by atoms with Crippen LogP contribution in [-0.4, -0.2) is 29.8 Å². The standard InChI is InChI=1S/C14H18ClNO/c15-10-14(17)16-9-8-13(11-16)7-6-12-4-2-1-3-5-12/h1-5,13H,6-11H2. The van der Waals surface area contributed by atoms with E-state index in [1.807, 2.05) is 11.0 Å². The third-order valence-electron chi connectivity index (χ3n) is 3.44. The highest BCUT2D eigenvalue weighted by Crippen LogP contribution is 2.21. The number of carbonyl (C=O) groups excluding carboxylic acids is 1. The number of nitrogens with zero attached hydrogens (tertiary/aromatic N) is 1. The van der Waals surface area contributed by atoms with Gasteiger partial charge in [0.25, 0.3) is 0 Å². The predicted octanol–water partition coefficient (Wildman–Crippen LogP) is 2.71. The fraction of sp³-hybridized carbons (Fsp3) is 0.500. The number of likely N-dealkylation sites (tertiary alicyclic amines) is 1. The molecule has 0 aromatic heterocycles. The monoisotopic (exact) mass is 251 g/mol. The Morgan fingerprint density at radius 2 is 2.12 bits per heavy atom. The summed E-state index contributed by atoms with van der Waals surface area (Å²) in [6.07, 6.45) is 3.39. The van der Waals surface area contributed by atoms with E-state index >= 15 is 0 Å². The van der Waals surface area contributed by atoms with Crippen LogP contribution in [0.3, 0.4) is 0 Å². The maximum absolute atomic E-state index is 11.4. The van der Waals surface area contributed by atoms with Crippen molar-refractivity contribution in [3.63, 3.8) is 0 Å². The lowest BCUT2D eigenvalue weighted by atomic mass is 9.99. The Hall–Kier alpha value is -1.02. The van der Waals surface area contributed by atoms with Crippen LogP contribution in [0.1, 0.15) is 18.4 Å². The number of carbonyl (C=O) groups is 1. The molecule has 92 valence electrons. The van der Waals surface area contributed by atoms with Crippen LogP contribution in [0.5, 0.6) is 0 Å². The van der Waals surface area contributed by atoms with Gasteiger partial charge in [-0.25, -0.2) is 0 Å². The van der Waals surface area contributed by atoms with Crippen molar-refractivity contribution in [2.45, 2.75) is 19.3 Å². The number of rotatable bonds is 4. The van der Waals surface area contributed by atoms with E-state index in [-0.39, 0.29) is 11.8 Å². The van der Waals surface area contributed by atoms with Gasteiger partial charge in [0.2, 0.25) is 5.91 Å². The molecule has 1 aliphatic heterocycles. The van der Waals surface area contributed by atoms with Crippen LogP contribution in [0.25, 0.3) is 0 Å². The first kappa shape index (κ1) is 12.4. The second kappa shape index (κ2) is 6.06. The number of alkyl halides is 1. The highest BCUT2D eigenvalue weighted by atomic mass is 35.5. The molecule has 0 radical (unpaired) electrons. The van der Waals surface area contributed by atoms with Gasteiger partial charge in [-0.2, -0.15) is 0 Å². The molecule has 0 spiro atoms. The number of benzene rings is 1. The maximum Gasteiger partial charge on any atom is 0.237 e. The number of hydrogen-bond donors (Lipinski definition) is 0. The van der Waals surface area contributed by atoms with Crippen molar-refractivity contribution in [2.24, 2.45) is 5.92 Å². The molecule has 1 atom stereocenters. The zero-order valence-electron chi connectivity index (χ0n) is 9.94. The summed E-state index contributed by atoms with van der Waals surface area (Å²) in [5, 5.41) is 0. The zero-order valence-corrected chi connectivity index (χ0v) is 10.7. The van der Waals surface area contributed by atoms with Crippen molar-refractivity contribution in [2.75, 3.05) is 19.0 Å². The Morgan fingerprint density at radius 3 is 2.82 bits per heavy atom. The normalized spacial score (nSPS) is 19.6. The Balaban J connectivity index is 1.77. The van der Waals surface area contributed by atoms with Gasteiger partial charge in [0.15, 0.2) is 0 Å². The topological polar surface area (TPSA) is 20.3 Å². The molecule has 0 N–H and O–H groups in total. The van der Waals surface area contributed by atoms with Crippen LogP contribution in [-0.2, 0) is 11.2 Å². The quantitative estimate of drug-likeness (QED) is 0.754. The Kier molecular flexibility index (Phi) is 4.43. The highest BCUT2D eigenvalue weighted by Gasteiger charge is 2.25. The van der Waals surface area contributed by atoms with Crippen molar-refractivity contribution in [3.8, 4) is 0 Å². The molecule has 1 saturated heterocycles. The lowest BCUT2D eigenvalue weighted by molar-refractivity contribution is -0.127. The van der Waals surface area contributed by atoms with Crippen molar-refractivity contribution < 1.29 is 4.79 Å². The Morgan fingerprint density at radius 1 is 1.35 bits per heavy atom. The second-order valence-corrected chi connectivity index (χ2v) is 4.92. The molecule has 2 rings (SSSR count). The van der Waals surface area contributed by atoms with E-state index < -0.39 is 0 Å². The fourth-order valence-electron chi connectivity index (χ4n) is 2.39. The molecule has 17 heavy (non-hydrogen) atoms. The van der Waals surface area contributed by atoms with Crippen LogP contribution in [0.4, 0.5) is 0 Å². The molecule has 1 aliphatic rings. The highest BCUT2D eigenvalue weighted by molar-refractivity contribution is 6.27. The SMILES string of the molecule is O=C(CCl)N1CCC(CCc2ccccc2)C1. The van der Waals surface area contributed by atoms with Gasteiger partial charge in [-0.3, -0.25) is 4.79 Å². The zero-order chi connectivity index (χ0) is 12.1. The average molecular weight is 252 g/mol. The number of hydrogen-bond acceptors (Lipinski definition) is 1. The van der Waals surface area contributed by atoms with Crippen LogP contribution in [0, 0.1) is 5.92 Å². The van der Waals surface area contributed by atoms with E-state index in [2.05, 4.69) is 24.3 Å². The number of halogens is 1. The van der Waals surface area contributed by atoms with E-state index in [9.17, 15) is 4.79 Å². The lowest BCUT2D eigenvalue weighted by Crippen LogP contribution is -2.29. The molecule has 0 aliphatic carbocycles. The molecule has 1 fully saturated rings. The van der Waals surface area contributed by atoms with Gasteiger partial charge >= 0.3 is 0 Å². The Bertz CT molecular complexity index is 366. The van der Waals surface area contributed by atoms with Gasteiger partial charge in [0.05, 0.1) is 0 Å². The molecule has 1 unspecified atom stereocenters. The maximum atomic E-state index is 11.4. The molecule has 0 bridgehead atoms. The van der Waals surface area contributed by atoms with Crippen molar-refractivity contribution >= 4 is 17.5 Å². The predicted molar refractivity (Wildman–Crippen MR) is 70.2 cm³/mol. The third kappa shape index (κ3) is 3.47. The van der Waals surface area contributed by atoms with Gasteiger partial charge in [0, 0.05) is 13.1 Å². The summed E-state index contributed by atoms with van der Waals surface area (Å²) in [5.74, 6) is 0.835. The minimum Gasteiger partial charge on any atom is -0.341 e. The summed E-state index contributed by atoms with van der Waals surface area (Å²) in [7, 11) is 0. The minimum absolute atomic E-state index is 0.0777. The summed E-state index contributed by atoms with van der Waals surface area (Å²) < 4.78 is 0. The van der Waals surface area contributed by atoms with Gasteiger partial charge in [-0.05, 0) is 30.7 Å². The summed E-state index contributed by atoms with van der Waals surface area (Å²) in [4.78, 5) is 13.3. The molecule has 0 saturated carbocycles. The number of amides is 1. The first-order valence-electron chi connectivity index (χ1n) is 6.17. The lowest BCUT2D eigenvalue weighted by Gasteiger charge is -2.14.